The summed E-state index contributed by atoms with van der Waals surface area (Å²) in [4.78, 5) is 16.7. The van der Waals surface area contributed by atoms with Crippen molar-refractivity contribution in [3.05, 3.63) is 17.8 Å². The average Bonchev–Trinajstić information content (AvgIpc) is 3.01. The van der Waals surface area contributed by atoms with Gasteiger partial charge >= 0.3 is 5.97 Å². The molecular formula is C11H14N2O3. The van der Waals surface area contributed by atoms with E-state index < -0.39 is 5.97 Å². The van der Waals surface area contributed by atoms with E-state index in [0.717, 1.165) is 12.8 Å². The summed E-state index contributed by atoms with van der Waals surface area (Å²) in [5.41, 5.74) is 0.0156. The minimum absolute atomic E-state index is 0.0156. The number of nitrogens with zero attached hydrogens (tertiary/aromatic N) is 2. The van der Waals surface area contributed by atoms with Gasteiger partial charge in [0.2, 0.25) is 0 Å². The van der Waals surface area contributed by atoms with Crippen LogP contribution in [-0.2, 0) is 0 Å². The Morgan fingerprint density at radius 2 is 2.19 bits per heavy atom. The van der Waals surface area contributed by atoms with E-state index in [0.29, 0.717) is 11.6 Å². The molecule has 0 aliphatic heterocycles. The van der Waals surface area contributed by atoms with Gasteiger partial charge in [-0.3, -0.25) is 0 Å². The minimum atomic E-state index is -1.04. The van der Waals surface area contributed by atoms with Gasteiger partial charge in [-0.15, -0.1) is 0 Å². The minimum Gasteiger partial charge on any atom is -0.490 e. The summed E-state index contributed by atoms with van der Waals surface area (Å²) in [7, 11) is 3.63. The summed E-state index contributed by atoms with van der Waals surface area (Å²) in [5, 5.41) is 8.93. The van der Waals surface area contributed by atoms with Gasteiger partial charge in [0.05, 0.1) is 6.10 Å². The molecule has 5 heteroatoms. The molecule has 0 amide bonds. The highest BCUT2D eigenvalue weighted by Crippen LogP contribution is 2.28. The third kappa shape index (κ3) is 2.42. The van der Waals surface area contributed by atoms with Gasteiger partial charge in [0.25, 0.3) is 0 Å². The van der Waals surface area contributed by atoms with E-state index >= 15 is 0 Å². The van der Waals surface area contributed by atoms with Gasteiger partial charge in [-0.1, -0.05) is 0 Å². The van der Waals surface area contributed by atoms with Crippen LogP contribution in [0.4, 0.5) is 5.82 Å². The van der Waals surface area contributed by atoms with Crippen molar-refractivity contribution in [3.63, 3.8) is 0 Å². The molecule has 1 heterocycles. The van der Waals surface area contributed by atoms with Gasteiger partial charge in [0.15, 0.2) is 5.69 Å². The van der Waals surface area contributed by atoms with E-state index in [1.54, 1.807) is 11.0 Å². The van der Waals surface area contributed by atoms with Crippen LogP contribution in [0.15, 0.2) is 12.1 Å². The molecule has 0 unspecified atom stereocenters. The molecule has 16 heavy (non-hydrogen) atoms. The molecule has 0 spiro atoms. The van der Waals surface area contributed by atoms with Crippen LogP contribution in [0.5, 0.6) is 5.75 Å². The zero-order valence-electron chi connectivity index (χ0n) is 9.30. The second-order valence-electron chi connectivity index (χ2n) is 4.06. The molecule has 0 radical (unpaired) electrons. The van der Waals surface area contributed by atoms with Gasteiger partial charge < -0.3 is 14.7 Å². The smallest absolute Gasteiger partial charge is 0.354 e. The first-order valence-electron chi connectivity index (χ1n) is 5.15. The van der Waals surface area contributed by atoms with E-state index in [1.807, 2.05) is 14.1 Å². The summed E-state index contributed by atoms with van der Waals surface area (Å²) in [6, 6.07) is 3.22. The Morgan fingerprint density at radius 3 is 2.69 bits per heavy atom. The molecule has 1 fully saturated rings. The number of hydrogen-bond acceptors (Lipinski definition) is 4. The van der Waals surface area contributed by atoms with E-state index in [4.69, 9.17) is 9.84 Å². The second kappa shape index (κ2) is 4.00. The molecule has 86 valence electrons. The number of aromatic carboxylic acids is 1. The van der Waals surface area contributed by atoms with Gasteiger partial charge in [0.1, 0.15) is 11.6 Å². The Morgan fingerprint density at radius 1 is 1.50 bits per heavy atom. The maximum absolute atomic E-state index is 10.9. The number of carbonyl (C=O) groups is 1. The predicted molar refractivity (Wildman–Crippen MR) is 59.2 cm³/mol. The maximum Gasteiger partial charge on any atom is 0.354 e. The van der Waals surface area contributed by atoms with Gasteiger partial charge in [-0.2, -0.15) is 0 Å². The van der Waals surface area contributed by atoms with Crippen molar-refractivity contribution in [2.45, 2.75) is 18.9 Å². The standard InChI is InChI=1S/C11H14N2O3/c1-13(2)10-6-8(16-7-3-4-7)5-9(12-10)11(14)15/h5-7H,3-4H2,1-2H3,(H,14,15). The van der Waals surface area contributed by atoms with Crippen molar-refractivity contribution in [1.29, 1.82) is 0 Å². The van der Waals surface area contributed by atoms with Crippen LogP contribution in [0.3, 0.4) is 0 Å². The maximum atomic E-state index is 10.9. The molecule has 1 saturated carbocycles. The summed E-state index contributed by atoms with van der Waals surface area (Å²) >= 11 is 0. The largest absolute Gasteiger partial charge is 0.490 e. The molecule has 2 rings (SSSR count). The Bertz CT molecular complexity index is 414. The van der Waals surface area contributed by atoms with Crippen molar-refractivity contribution in [1.82, 2.24) is 4.98 Å². The van der Waals surface area contributed by atoms with Crippen LogP contribution < -0.4 is 9.64 Å². The normalized spacial score (nSPS) is 14.6. The molecule has 1 aromatic heterocycles. The summed E-state index contributed by atoms with van der Waals surface area (Å²) in [6.07, 6.45) is 2.34. The molecule has 0 atom stereocenters. The van der Waals surface area contributed by atoms with Crippen LogP contribution in [-0.4, -0.2) is 36.3 Å². The SMILES string of the molecule is CN(C)c1cc(OC2CC2)cc(C(=O)O)n1. The van der Waals surface area contributed by atoms with Crippen LogP contribution in [0.1, 0.15) is 23.3 Å². The highest BCUT2D eigenvalue weighted by atomic mass is 16.5. The molecule has 0 aromatic carbocycles. The van der Waals surface area contributed by atoms with Crippen LogP contribution in [0.2, 0.25) is 0 Å². The fourth-order valence-electron chi connectivity index (χ4n) is 1.28. The molecule has 0 bridgehead atoms. The quantitative estimate of drug-likeness (QED) is 0.834. The summed E-state index contributed by atoms with van der Waals surface area (Å²) < 4.78 is 5.58. The lowest BCUT2D eigenvalue weighted by Gasteiger charge is -2.14. The van der Waals surface area contributed by atoms with E-state index in [1.165, 1.54) is 6.07 Å². The first kappa shape index (κ1) is 10.7. The van der Waals surface area contributed by atoms with Crippen molar-refractivity contribution in [2.75, 3.05) is 19.0 Å². The van der Waals surface area contributed by atoms with Gasteiger partial charge in [0, 0.05) is 26.2 Å². The Kier molecular flexibility index (Phi) is 2.68. The number of ether oxygens (including phenoxy) is 1. The van der Waals surface area contributed by atoms with Gasteiger partial charge in [-0.05, 0) is 12.8 Å². The molecule has 5 nitrogen and oxygen atoms in total. The van der Waals surface area contributed by atoms with Crippen molar-refractivity contribution in [3.8, 4) is 5.75 Å². The van der Waals surface area contributed by atoms with Crippen molar-refractivity contribution in [2.24, 2.45) is 0 Å². The number of carboxylic acids is 1. The lowest BCUT2D eigenvalue weighted by atomic mass is 10.3. The number of hydrogen-bond donors (Lipinski definition) is 1. The zero-order valence-corrected chi connectivity index (χ0v) is 9.30. The Hall–Kier alpha value is -1.78. The fourth-order valence-corrected chi connectivity index (χ4v) is 1.28. The highest BCUT2D eigenvalue weighted by molar-refractivity contribution is 5.86. The lowest BCUT2D eigenvalue weighted by Crippen LogP contribution is -2.13. The molecule has 1 aromatic rings. The van der Waals surface area contributed by atoms with Gasteiger partial charge in [-0.25, -0.2) is 9.78 Å². The molecule has 0 saturated heterocycles. The molecular weight excluding hydrogens is 208 g/mol. The molecule has 1 aliphatic rings. The first-order chi connectivity index (χ1) is 7.56. The third-order valence-corrected chi connectivity index (χ3v) is 2.29. The van der Waals surface area contributed by atoms with Crippen molar-refractivity contribution < 1.29 is 14.6 Å². The lowest BCUT2D eigenvalue weighted by molar-refractivity contribution is 0.0690. The van der Waals surface area contributed by atoms with Crippen molar-refractivity contribution >= 4 is 11.8 Å². The van der Waals surface area contributed by atoms with Crippen LogP contribution in [0.25, 0.3) is 0 Å². The molecule has 1 N–H and O–H groups in total. The number of aromatic nitrogens is 1. The number of carboxylic acid groups (broad SMARTS) is 1. The highest BCUT2D eigenvalue weighted by Gasteiger charge is 2.24. The Labute approximate surface area is 93.7 Å². The fraction of sp³-hybridized carbons (Fsp3) is 0.455. The topological polar surface area (TPSA) is 62.7 Å². The zero-order chi connectivity index (χ0) is 11.7. The average molecular weight is 222 g/mol. The van der Waals surface area contributed by atoms with E-state index in [2.05, 4.69) is 4.98 Å². The number of rotatable bonds is 4. The Balaban J connectivity index is 2.31. The number of anilines is 1. The van der Waals surface area contributed by atoms with Crippen LogP contribution in [0, 0.1) is 0 Å². The monoisotopic (exact) mass is 222 g/mol. The number of pyridine rings is 1. The third-order valence-electron chi connectivity index (χ3n) is 2.29. The first-order valence-corrected chi connectivity index (χ1v) is 5.15. The second-order valence-corrected chi connectivity index (χ2v) is 4.06. The van der Waals surface area contributed by atoms with E-state index in [-0.39, 0.29) is 11.8 Å². The predicted octanol–water partition coefficient (Wildman–Crippen LogP) is 1.39. The summed E-state index contributed by atoms with van der Waals surface area (Å²) in [6.45, 7) is 0. The van der Waals surface area contributed by atoms with E-state index in [9.17, 15) is 4.79 Å². The van der Waals surface area contributed by atoms with Crippen LogP contribution >= 0.6 is 0 Å². The summed E-state index contributed by atoms with van der Waals surface area (Å²) in [5.74, 6) is 0.137. The molecule has 1 aliphatic carbocycles.